The van der Waals surface area contributed by atoms with Crippen molar-refractivity contribution in [2.24, 2.45) is 7.05 Å². The normalized spacial score (nSPS) is 19.7. The summed E-state index contributed by atoms with van der Waals surface area (Å²) in [7, 11) is 1.99. The van der Waals surface area contributed by atoms with Gasteiger partial charge in [-0.25, -0.2) is 0 Å². The Kier molecular flexibility index (Phi) is 2.69. The quantitative estimate of drug-likeness (QED) is 0.854. The lowest BCUT2D eigenvalue weighted by molar-refractivity contribution is 0.607. The van der Waals surface area contributed by atoms with Crippen LogP contribution in [0.15, 0.2) is 36.5 Å². The Morgan fingerprint density at radius 3 is 2.82 bits per heavy atom. The van der Waals surface area contributed by atoms with Gasteiger partial charge in [-0.3, -0.25) is 4.68 Å². The van der Waals surface area contributed by atoms with Crippen LogP contribution in [0.3, 0.4) is 0 Å². The Labute approximate surface area is 101 Å². The summed E-state index contributed by atoms with van der Waals surface area (Å²) in [6, 6.07) is 10.9. The zero-order valence-corrected chi connectivity index (χ0v) is 10.1. The number of nitrogens with one attached hydrogen (secondary N) is 1. The molecule has 1 aliphatic heterocycles. The molecule has 1 aromatic heterocycles. The summed E-state index contributed by atoms with van der Waals surface area (Å²) in [6.07, 6.45) is 4.55. The van der Waals surface area contributed by atoms with Crippen LogP contribution in [0.4, 0.5) is 0 Å². The molecule has 0 aliphatic carbocycles. The zero-order chi connectivity index (χ0) is 11.7. The van der Waals surface area contributed by atoms with Crippen LogP contribution >= 0.6 is 0 Å². The summed E-state index contributed by atoms with van der Waals surface area (Å²) in [5.74, 6) is 0. The summed E-state index contributed by atoms with van der Waals surface area (Å²) in [6.45, 7) is 1.11. The van der Waals surface area contributed by atoms with Crippen LogP contribution in [0.2, 0.25) is 0 Å². The Morgan fingerprint density at radius 1 is 1.29 bits per heavy atom. The number of aryl methyl sites for hydroxylation is 1. The topological polar surface area (TPSA) is 29.9 Å². The molecule has 3 heteroatoms. The molecule has 3 nitrogen and oxygen atoms in total. The predicted octanol–water partition coefficient (Wildman–Crippen LogP) is 2.51. The molecule has 0 bridgehead atoms. The maximum atomic E-state index is 4.62. The van der Waals surface area contributed by atoms with E-state index in [4.69, 9.17) is 0 Å². The summed E-state index contributed by atoms with van der Waals surface area (Å²) in [5, 5.41) is 8.14. The third-order valence-corrected chi connectivity index (χ3v) is 3.33. The van der Waals surface area contributed by atoms with Gasteiger partial charge >= 0.3 is 0 Å². The van der Waals surface area contributed by atoms with Crippen LogP contribution < -0.4 is 5.32 Å². The fourth-order valence-electron chi connectivity index (χ4n) is 2.52. The first-order valence-electron chi connectivity index (χ1n) is 6.17. The second-order valence-electron chi connectivity index (χ2n) is 4.62. The van der Waals surface area contributed by atoms with Crippen molar-refractivity contribution in [1.82, 2.24) is 15.1 Å². The number of benzene rings is 1. The predicted molar refractivity (Wildman–Crippen MR) is 68.6 cm³/mol. The highest BCUT2D eigenvalue weighted by molar-refractivity contribution is 5.65. The fourth-order valence-corrected chi connectivity index (χ4v) is 2.52. The largest absolute Gasteiger partial charge is 0.309 e. The van der Waals surface area contributed by atoms with Crippen LogP contribution in [-0.4, -0.2) is 16.3 Å². The summed E-state index contributed by atoms with van der Waals surface area (Å²) < 4.78 is 1.91. The average molecular weight is 227 g/mol. The maximum absolute atomic E-state index is 4.62. The second-order valence-corrected chi connectivity index (χ2v) is 4.62. The Bertz CT molecular complexity index is 495. The third kappa shape index (κ3) is 1.98. The summed E-state index contributed by atoms with van der Waals surface area (Å²) in [4.78, 5) is 0. The first kappa shape index (κ1) is 10.5. The van der Waals surface area contributed by atoms with E-state index >= 15 is 0 Å². The van der Waals surface area contributed by atoms with Gasteiger partial charge in [-0.15, -0.1) is 0 Å². The van der Waals surface area contributed by atoms with E-state index in [1.165, 1.54) is 29.7 Å². The van der Waals surface area contributed by atoms with Crippen molar-refractivity contribution in [2.45, 2.75) is 18.9 Å². The monoisotopic (exact) mass is 227 g/mol. The molecule has 88 valence electrons. The molecule has 0 amide bonds. The average Bonchev–Trinajstić information content (AvgIpc) is 2.98. The molecular formula is C14H17N3. The van der Waals surface area contributed by atoms with Gasteiger partial charge in [0.05, 0.1) is 11.7 Å². The number of aromatic nitrogens is 2. The van der Waals surface area contributed by atoms with Crippen molar-refractivity contribution < 1.29 is 0 Å². The van der Waals surface area contributed by atoms with E-state index in [0.29, 0.717) is 6.04 Å². The molecule has 0 radical (unpaired) electrons. The lowest BCUT2D eigenvalue weighted by atomic mass is 10.0. The minimum Gasteiger partial charge on any atom is -0.309 e. The van der Waals surface area contributed by atoms with Crippen molar-refractivity contribution >= 4 is 0 Å². The van der Waals surface area contributed by atoms with E-state index in [9.17, 15) is 0 Å². The van der Waals surface area contributed by atoms with Crippen LogP contribution in [0, 0.1) is 0 Å². The van der Waals surface area contributed by atoms with Gasteiger partial charge in [0, 0.05) is 18.8 Å². The van der Waals surface area contributed by atoms with E-state index < -0.39 is 0 Å². The molecular weight excluding hydrogens is 210 g/mol. The maximum Gasteiger partial charge on any atom is 0.0872 e. The van der Waals surface area contributed by atoms with E-state index in [1.807, 2.05) is 17.8 Å². The number of hydrogen-bond acceptors (Lipinski definition) is 2. The molecule has 0 spiro atoms. The second kappa shape index (κ2) is 4.34. The lowest BCUT2D eigenvalue weighted by Gasteiger charge is -2.09. The van der Waals surface area contributed by atoms with Gasteiger partial charge in [-0.2, -0.15) is 5.10 Å². The standard InChI is InChI=1S/C14H17N3/c1-17-10-12(11-6-3-2-4-7-11)14(16-17)13-8-5-9-15-13/h2-4,6-7,10,13,15H,5,8-9H2,1H3. The van der Waals surface area contributed by atoms with Crippen molar-refractivity contribution in [3.63, 3.8) is 0 Å². The van der Waals surface area contributed by atoms with Gasteiger partial charge in [0.1, 0.15) is 0 Å². The first-order valence-corrected chi connectivity index (χ1v) is 6.17. The minimum absolute atomic E-state index is 0.423. The van der Waals surface area contributed by atoms with Crippen molar-refractivity contribution in [3.8, 4) is 11.1 Å². The van der Waals surface area contributed by atoms with Crippen molar-refractivity contribution in [2.75, 3.05) is 6.54 Å². The van der Waals surface area contributed by atoms with Crippen LogP contribution in [0.1, 0.15) is 24.6 Å². The van der Waals surface area contributed by atoms with Crippen molar-refractivity contribution in [3.05, 3.63) is 42.2 Å². The van der Waals surface area contributed by atoms with Crippen molar-refractivity contribution in [1.29, 1.82) is 0 Å². The Morgan fingerprint density at radius 2 is 2.12 bits per heavy atom. The fraction of sp³-hybridized carbons (Fsp3) is 0.357. The van der Waals surface area contributed by atoms with Gasteiger partial charge in [-0.05, 0) is 24.9 Å². The first-order chi connectivity index (χ1) is 8.34. The molecule has 2 aromatic rings. The van der Waals surface area contributed by atoms with E-state index in [1.54, 1.807) is 0 Å². The molecule has 2 heterocycles. The van der Waals surface area contributed by atoms with E-state index in [2.05, 4.69) is 40.9 Å². The van der Waals surface area contributed by atoms with Crippen LogP contribution in [0.5, 0.6) is 0 Å². The molecule has 0 saturated carbocycles. The van der Waals surface area contributed by atoms with Gasteiger partial charge in [0.2, 0.25) is 0 Å². The highest BCUT2D eigenvalue weighted by atomic mass is 15.3. The van der Waals surface area contributed by atoms with Gasteiger partial charge in [0.25, 0.3) is 0 Å². The molecule has 17 heavy (non-hydrogen) atoms. The summed E-state index contributed by atoms with van der Waals surface area (Å²) in [5.41, 5.74) is 3.70. The zero-order valence-electron chi connectivity index (χ0n) is 10.1. The van der Waals surface area contributed by atoms with Crippen LogP contribution in [-0.2, 0) is 7.05 Å². The molecule has 1 unspecified atom stereocenters. The lowest BCUT2D eigenvalue weighted by Crippen LogP contribution is -2.14. The minimum atomic E-state index is 0.423. The molecule has 1 aliphatic rings. The molecule has 1 saturated heterocycles. The van der Waals surface area contributed by atoms with Gasteiger partial charge < -0.3 is 5.32 Å². The number of hydrogen-bond donors (Lipinski definition) is 1. The van der Waals surface area contributed by atoms with Crippen LogP contribution in [0.25, 0.3) is 11.1 Å². The molecule has 1 atom stereocenters. The molecule has 1 aromatic carbocycles. The highest BCUT2D eigenvalue weighted by Crippen LogP contribution is 2.31. The third-order valence-electron chi connectivity index (χ3n) is 3.33. The van der Waals surface area contributed by atoms with E-state index in [-0.39, 0.29) is 0 Å². The number of rotatable bonds is 2. The molecule has 1 N–H and O–H groups in total. The van der Waals surface area contributed by atoms with Gasteiger partial charge in [0.15, 0.2) is 0 Å². The SMILES string of the molecule is Cn1cc(-c2ccccc2)c(C2CCCN2)n1. The summed E-state index contributed by atoms with van der Waals surface area (Å²) >= 11 is 0. The smallest absolute Gasteiger partial charge is 0.0872 e. The van der Waals surface area contributed by atoms with E-state index in [0.717, 1.165) is 6.54 Å². The number of nitrogens with zero attached hydrogens (tertiary/aromatic N) is 2. The molecule has 3 rings (SSSR count). The Hall–Kier alpha value is -1.61. The molecule has 1 fully saturated rings. The highest BCUT2D eigenvalue weighted by Gasteiger charge is 2.22. The Balaban J connectivity index is 2.04. The van der Waals surface area contributed by atoms with Gasteiger partial charge in [-0.1, -0.05) is 30.3 Å².